The van der Waals surface area contributed by atoms with Gasteiger partial charge in [0.25, 0.3) is 5.91 Å². The Labute approximate surface area is 184 Å². The Morgan fingerprint density at radius 3 is 2.13 bits per heavy atom. The van der Waals surface area contributed by atoms with Crippen molar-refractivity contribution in [2.45, 2.75) is 27.2 Å². The Kier molecular flexibility index (Phi) is 7.18. The molecule has 6 nitrogen and oxygen atoms in total. The van der Waals surface area contributed by atoms with E-state index in [2.05, 4.69) is 10.6 Å². The molecule has 2 N–H and O–H groups in total. The molecule has 2 amide bonds. The number of carbonyl (C=O) groups is 2. The number of hydrogen-bond acceptors (Lipinski definition) is 5. The van der Waals surface area contributed by atoms with Crippen LogP contribution in [0.4, 0.5) is 11.4 Å². The number of rotatable bonds is 8. The van der Waals surface area contributed by atoms with Crippen molar-refractivity contribution in [2.24, 2.45) is 0 Å². The van der Waals surface area contributed by atoms with Gasteiger partial charge in [0, 0.05) is 28.6 Å². The van der Waals surface area contributed by atoms with Crippen molar-refractivity contribution in [1.82, 2.24) is 0 Å². The zero-order valence-corrected chi connectivity index (χ0v) is 18.6. The zero-order chi connectivity index (χ0) is 21.7. The van der Waals surface area contributed by atoms with Crippen molar-refractivity contribution in [2.75, 3.05) is 23.8 Å². The molecule has 1 heterocycles. The summed E-state index contributed by atoms with van der Waals surface area (Å²) in [5.41, 5.74) is 0.929. The maximum atomic E-state index is 13.0. The molecule has 0 aliphatic rings. The SMILES string of the molecule is CCOc1cc(NC(=O)c2sc3ccccc3c2Cl)c(OCC)cc1NC(=O)CC. The molecule has 0 fully saturated rings. The Morgan fingerprint density at radius 2 is 1.57 bits per heavy atom. The maximum Gasteiger partial charge on any atom is 0.267 e. The van der Waals surface area contributed by atoms with Crippen LogP contribution in [0, 0.1) is 0 Å². The van der Waals surface area contributed by atoms with Crippen LogP contribution in [0.3, 0.4) is 0 Å². The van der Waals surface area contributed by atoms with E-state index in [1.807, 2.05) is 38.1 Å². The largest absolute Gasteiger partial charge is 0.492 e. The number of halogens is 1. The molecule has 0 radical (unpaired) electrons. The maximum absolute atomic E-state index is 13.0. The first-order valence-corrected chi connectivity index (χ1v) is 10.9. The zero-order valence-electron chi connectivity index (χ0n) is 17.0. The normalized spacial score (nSPS) is 10.7. The van der Waals surface area contributed by atoms with Gasteiger partial charge in [0.1, 0.15) is 16.4 Å². The summed E-state index contributed by atoms with van der Waals surface area (Å²) in [7, 11) is 0. The van der Waals surface area contributed by atoms with Crippen molar-refractivity contribution >= 4 is 56.2 Å². The Morgan fingerprint density at radius 1 is 0.967 bits per heavy atom. The number of benzene rings is 2. The standard InChI is InChI=1S/C22H23ClN2O4S/c1-4-19(26)24-14-11-17(29-6-3)15(12-16(14)28-5-2)25-22(27)21-20(23)13-9-7-8-10-18(13)30-21/h7-12H,4-6H2,1-3H3,(H,24,26)(H,25,27). The molecule has 1 aromatic heterocycles. The van der Waals surface area contributed by atoms with E-state index in [1.165, 1.54) is 11.3 Å². The van der Waals surface area contributed by atoms with Crippen LogP contribution in [0.5, 0.6) is 11.5 Å². The van der Waals surface area contributed by atoms with Crippen molar-refractivity contribution < 1.29 is 19.1 Å². The summed E-state index contributed by atoms with van der Waals surface area (Å²) < 4.78 is 12.3. The van der Waals surface area contributed by atoms with E-state index in [9.17, 15) is 9.59 Å². The lowest BCUT2D eigenvalue weighted by Gasteiger charge is -2.17. The average Bonchev–Trinajstić information content (AvgIpc) is 3.08. The molecule has 0 spiro atoms. The monoisotopic (exact) mass is 446 g/mol. The Bertz CT molecular complexity index is 1080. The van der Waals surface area contributed by atoms with Gasteiger partial charge in [0.05, 0.1) is 29.6 Å². The van der Waals surface area contributed by atoms with Crippen LogP contribution in [0.2, 0.25) is 5.02 Å². The molecule has 0 aliphatic heterocycles. The van der Waals surface area contributed by atoms with Crippen LogP contribution < -0.4 is 20.1 Å². The van der Waals surface area contributed by atoms with Gasteiger partial charge in [0.2, 0.25) is 5.91 Å². The van der Waals surface area contributed by atoms with E-state index in [-0.39, 0.29) is 11.8 Å². The van der Waals surface area contributed by atoms with Crippen LogP contribution in [0.25, 0.3) is 10.1 Å². The fourth-order valence-electron chi connectivity index (χ4n) is 2.88. The fourth-order valence-corrected chi connectivity index (χ4v) is 4.30. The number of nitrogens with one attached hydrogen (secondary N) is 2. The summed E-state index contributed by atoms with van der Waals surface area (Å²) in [6.45, 7) is 6.24. The van der Waals surface area contributed by atoms with Crippen molar-refractivity contribution in [3.8, 4) is 11.5 Å². The third kappa shape index (κ3) is 4.68. The van der Waals surface area contributed by atoms with Gasteiger partial charge < -0.3 is 20.1 Å². The van der Waals surface area contributed by atoms with Crippen molar-refractivity contribution in [3.05, 3.63) is 46.3 Å². The summed E-state index contributed by atoms with van der Waals surface area (Å²) >= 11 is 7.77. The molecule has 0 aliphatic carbocycles. The molecule has 0 atom stereocenters. The van der Waals surface area contributed by atoms with Gasteiger partial charge in [-0.3, -0.25) is 9.59 Å². The molecule has 0 saturated heterocycles. The van der Waals surface area contributed by atoms with Crippen molar-refractivity contribution in [3.63, 3.8) is 0 Å². The number of ether oxygens (including phenoxy) is 2. The number of hydrogen-bond donors (Lipinski definition) is 2. The third-order valence-electron chi connectivity index (χ3n) is 4.27. The van der Waals surface area contributed by atoms with Crippen LogP contribution in [0.1, 0.15) is 36.9 Å². The number of anilines is 2. The summed E-state index contributed by atoms with van der Waals surface area (Å²) in [5, 5.41) is 6.94. The molecular weight excluding hydrogens is 424 g/mol. The molecule has 0 bridgehead atoms. The summed E-state index contributed by atoms with van der Waals surface area (Å²) in [6, 6.07) is 10.9. The van der Waals surface area contributed by atoms with Gasteiger partial charge in [-0.25, -0.2) is 0 Å². The van der Waals surface area contributed by atoms with Crippen LogP contribution in [-0.4, -0.2) is 25.0 Å². The van der Waals surface area contributed by atoms with E-state index in [1.54, 1.807) is 19.1 Å². The summed E-state index contributed by atoms with van der Waals surface area (Å²) in [5.74, 6) is 0.389. The Hall–Kier alpha value is -2.77. The number of fused-ring (bicyclic) bond motifs is 1. The molecule has 3 rings (SSSR count). The molecule has 8 heteroatoms. The molecule has 3 aromatic rings. The van der Waals surface area contributed by atoms with E-state index >= 15 is 0 Å². The highest BCUT2D eigenvalue weighted by Crippen LogP contribution is 2.39. The number of thiophene rings is 1. The molecule has 0 unspecified atom stereocenters. The predicted molar refractivity (Wildman–Crippen MR) is 122 cm³/mol. The van der Waals surface area contributed by atoms with Gasteiger partial charge in [-0.15, -0.1) is 11.3 Å². The first-order valence-electron chi connectivity index (χ1n) is 9.70. The minimum atomic E-state index is -0.338. The van der Waals surface area contributed by atoms with E-state index in [0.29, 0.717) is 52.4 Å². The average molecular weight is 447 g/mol. The Balaban J connectivity index is 1.98. The lowest BCUT2D eigenvalue weighted by molar-refractivity contribution is -0.115. The number of carbonyl (C=O) groups excluding carboxylic acids is 2. The van der Waals surface area contributed by atoms with Gasteiger partial charge in [-0.05, 0) is 19.9 Å². The quantitative estimate of drug-likeness (QED) is 0.448. The minimum Gasteiger partial charge on any atom is -0.492 e. The highest BCUT2D eigenvalue weighted by molar-refractivity contribution is 7.21. The van der Waals surface area contributed by atoms with Gasteiger partial charge in [-0.1, -0.05) is 36.7 Å². The van der Waals surface area contributed by atoms with Crippen LogP contribution in [-0.2, 0) is 4.79 Å². The number of amides is 2. The summed E-state index contributed by atoms with van der Waals surface area (Å²) in [6.07, 6.45) is 0.332. The van der Waals surface area contributed by atoms with Crippen molar-refractivity contribution in [1.29, 1.82) is 0 Å². The highest BCUT2D eigenvalue weighted by Gasteiger charge is 2.20. The second-order valence-corrected chi connectivity index (χ2v) is 7.74. The minimum absolute atomic E-state index is 0.146. The van der Waals surface area contributed by atoms with Gasteiger partial charge >= 0.3 is 0 Å². The lowest BCUT2D eigenvalue weighted by Crippen LogP contribution is -2.14. The first-order chi connectivity index (χ1) is 14.5. The van der Waals surface area contributed by atoms with E-state index in [4.69, 9.17) is 21.1 Å². The predicted octanol–water partition coefficient (Wildman–Crippen LogP) is 5.95. The molecular formula is C22H23ClN2O4S. The fraction of sp³-hybridized carbons (Fsp3) is 0.273. The molecule has 158 valence electrons. The van der Waals surface area contributed by atoms with Crippen LogP contribution >= 0.6 is 22.9 Å². The molecule has 2 aromatic carbocycles. The molecule has 30 heavy (non-hydrogen) atoms. The van der Waals surface area contributed by atoms with Gasteiger partial charge in [-0.2, -0.15) is 0 Å². The highest BCUT2D eigenvalue weighted by atomic mass is 35.5. The second kappa shape index (κ2) is 9.82. The lowest BCUT2D eigenvalue weighted by atomic mass is 10.2. The third-order valence-corrected chi connectivity index (χ3v) is 5.94. The van der Waals surface area contributed by atoms with E-state index < -0.39 is 0 Å². The molecule has 0 saturated carbocycles. The van der Waals surface area contributed by atoms with Crippen LogP contribution in [0.15, 0.2) is 36.4 Å². The topological polar surface area (TPSA) is 76.7 Å². The smallest absolute Gasteiger partial charge is 0.267 e. The summed E-state index contributed by atoms with van der Waals surface area (Å²) in [4.78, 5) is 25.3. The van der Waals surface area contributed by atoms with Gasteiger partial charge in [0.15, 0.2) is 0 Å². The second-order valence-electron chi connectivity index (χ2n) is 6.31. The first kappa shape index (κ1) is 21.9. The van der Waals surface area contributed by atoms with E-state index in [0.717, 1.165) is 10.1 Å².